The first-order chi connectivity index (χ1) is 12.5. The van der Waals surface area contributed by atoms with Crippen LogP contribution in [0.2, 0.25) is 5.02 Å². The van der Waals surface area contributed by atoms with Crippen molar-refractivity contribution in [1.29, 1.82) is 0 Å². The Kier molecular flexibility index (Phi) is 5.49. The summed E-state index contributed by atoms with van der Waals surface area (Å²) in [5, 5.41) is 7.73. The summed E-state index contributed by atoms with van der Waals surface area (Å²) in [7, 11) is 0. The van der Waals surface area contributed by atoms with E-state index in [4.69, 9.17) is 11.6 Å². The van der Waals surface area contributed by atoms with Crippen LogP contribution in [-0.4, -0.2) is 20.7 Å². The maximum absolute atomic E-state index is 12.2. The fourth-order valence-corrected chi connectivity index (χ4v) is 2.68. The molecule has 0 aliphatic heterocycles. The first-order valence-electron chi connectivity index (χ1n) is 8.22. The molecule has 0 radical (unpaired) electrons. The molecule has 0 bridgehead atoms. The van der Waals surface area contributed by atoms with Crippen molar-refractivity contribution < 1.29 is 4.79 Å². The van der Waals surface area contributed by atoms with Crippen molar-refractivity contribution in [3.05, 3.63) is 82.9 Å². The van der Waals surface area contributed by atoms with Gasteiger partial charge in [-0.2, -0.15) is 5.10 Å². The number of aryl methyl sites for hydroxylation is 1. The number of carbonyl (C=O) groups excluding carboxylic acids is 1. The van der Waals surface area contributed by atoms with Crippen LogP contribution in [0, 0.1) is 6.92 Å². The van der Waals surface area contributed by atoms with Gasteiger partial charge in [-0.1, -0.05) is 35.9 Å². The van der Waals surface area contributed by atoms with Gasteiger partial charge >= 0.3 is 0 Å². The average molecular weight is 367 g/mol. The molecule has 1 amide bonds. The summed E-state index contributed by atoms with van der Waals surface area (Å²) in [5.74, 6) is -0.158. The molecule has 1 unspecified atom stereocenters. The zero-order valence-electron chi connectivity index (χ0n) is 14.6. The number of benzene rings is 2. The first kappa shape index (κ1) is 17.9. The standard InChI is InChI=1S/C20H19ClN4O/c1-14-3-4-16(11-19(14)21)5-10-20(26)24-15(2)17-6-8-18(9-7-17)25-13-22-12-23-25/h3-13,15H,1-2H3,(H,24,26)/b10-5+. The molecule has 132 valence electrons. The predicted molar refractivity (Wildman–Crippen MR) is 103 cm³/mol. The van der Waals surface area contributed by atoms with Crippen molar-refractivity contribution in [2.24, 2.45) is 0 Å². The summed E-state index contributed by atoms with van der Waals surface area (Å²) >= 11 is 6.10. The van der Waals surface area contributed by atoms with E-state index in [0.29, 0.717) is 5.02 Å². The lowest BCUT2D eigenvalue weighted by molar-refractivity contribution is -0.117. The van der Waals surface area contributed by atoms with Crippen LogP contribution < -0.4 is 5.32 Å². The molecule has 3 aromatic rings. The molecule has 0 saturated heterocycles. The molecule has 0 aliphatic carbocycles. The number of carbonyl (C=O) groups is 1. The molecule has 0 spiro atoms. The second-order valence-corrected chi connectivity index (χ2v) is 6.41. The topological polar surface area (TPSA) is 59.8 Å². The molecule has 5 nitrogen and oxygen atoms in total. The van der Waals surface area contributed by atoms with E-state index in [1.54, 1.807) is 17.1 Å². The molecule has 1 heterocycles. The lowest BCUT2D eigenvalue weighted by atomic mass is 10.1. The highest BCUT2D eigenvalue weighted by atomic mass is 35.5. The van der Waals surface area contributed by atoms with Crippen molar-refractivity contribution in [3.63, 3.8) is 0 Å². The Bertz CT molecular complexity index is 917. The van der Waals surface area contributed by atoms with E-state index in [2.05, 4.69) is 15.4 Å². The SMILES string of the molecule is Cc1ccc(/C=C/C(=O)NC(C)c2ccc(-n3cncn3)cc2)cc1Cl. The zero-order chi connectivity index (χ0) is 18.5. The van der Waals surface area contributed by atoms with Crippen molar-refractivity contribution in [2.75, 3.05) is 0 Å². The fraction of sp³-hybridized carbons (Fsp3) is 0.150. The van der Waals surface area contributed by atoms with Crippen LogP contribution in [0.25, 0.3) is 11.8 Å². The molecule has 1 atom stereocenters. The second kappa shape index (κ2) is 7.97. The highest BCUT2D eigenvalue weighted by molar-refractivity contribution is 6.31. The van der Waals surface area contributed by atoms with Crippen LogP contribution in [0.5, 0.6) is 0 Å². The van der Waals surface area contributed by atoms with Crippen LogP contribution in [0.15, 0.2) is 61.2 Å². The van der Waals surface area contributed by atoms with Crippen LogP contribution in [-0.2, 0) is 4.79 Å². The number of aromatic nitrogens is 3. The smallest absolute Gasteiger partial charge is 0.244 e. The summed E-state index contributed by atoms with van der Waals surface area (Å²) in [5.41, 5.74) is 3.83. The first-order valence-corrected chi connectivity index (χ1v) is 8.60. The van der Waals surface area contributed by atoms with E-state index in [-0.39, 0.29) is 11.9 Å². The molecule has 6 heteroatoms. The van der Waals surface area contributed by atoms with Gasteiger partial charge in [-0.25, -0.2) is 9.67 Å². The van der Waals surface area contributed by atoms with Gasteiger partial charge in [0.2, 0.25) is 5.91 Å². The van der Waals surface area contributed by atoms with Crippen molar-refractivity contribution >= 4 is 23.6 Å². The van der Waals surface area contributed by atoms with E-state index in [9.17, 15) is 4.79 Å². The molecule has 0 saturated carbocycles. The molecule has 26 heavy (non-hydrogen) atoms. The van der Waals surface area contributed by atoms with Crippen molar-refractivity contribution in [2.45, 2.75) is 19.9 Å². The van der Waals surface area contributed by atoms with Crippen LogP contribution in [0.4, 0.5) is 0 Å². The van der Waals surface area contributed by atoms with Gasteiger partial charge in [-0.3, -0.25) is 4.79 Å². The van der Waals surface area contributed by atoms with Gasteiger partial charge in [0.15, 0.2) is 0 Å². The molecule has 0 aliphatic rings. The number of amides is 1. The van der Waals surface area contributed by atoms with Crippen LogP contribution in [0.3, 0.4) is 0 Å². The van der Waals surface area contributed by atoms with Gasteiger partial charge in [-0.05, 0) is 54.8 Å². The van der Waals surface area contributed by atoms with Gasteiger partial charge in [0.25, 0.3) is 0 Å². The molecule has 1 aromatic heterocycles. The van der Waals surface area contributed by atoms with E-state index in [1.807, 2.05) is 56.3 Å². The Morgan fingerprint density at radius 2 is 2.00 bits per heavy atom. The van der Waals surface area contributed by atoms with Gasteiger partial charge in [-0.15, -0.1) is 0 Å². The summed E-state index contributed by atoms with van der Waals surface area (Å²) < 4.78 is 1.68. The Labute approximate surface area is 157 Å². The van der Waals surface area contributed by atoms with Crippen molar-refractivity contribution in [3.8, 4) is 5.69 Å². The highest BCUT2D eigenvalue weighted by Crippen LogP contribution is 2.18. The minimum Gasteiger partial charge on any atom is -0.346 e. The van der Waals surface area contributed by atoms with E-state index in [1.165, 1.54) is 12.4 Å². The predicted octanol–water partition coefficient (Wildman–Crippen LogP) is 4.12. The molecular weight excluding hydrogens is 348 g/mol. The summed E-state index contributed by atoms with van der Waals surface area (Å²) in [6, 6.07) is 13.4. The molecule has 1 N–H and O–H groups in total. The third-order valence-electron chi connectivity index (χ3n) is 4.06. The lowest BCUT2D eigenvalue weighted by Gasteiger charge is -2.13. The van der Waals surface area contributed by atoms with E-state index in [0.717, 1.165) is 22.4 Å². The van der Waals surface area contributed by atoms with Crippen LogP contribution >= 0.6 is 11.6 Å². The number of rotatable bonds is 5. The monoisotopic (exact) mass is 366 g/mol. The third-order valence-corrected chi connectivity index (χ3v) is 4.47. The van der Waals surface area contributed by atoms with E-state index >= 15 is 0 Å². The normalized spacial score (nSPS) is 12.3. The Hall–Kier alpha value is -2.92. The molecule has 0 fully saturated rings. The maximum Gasteiger partial charge on any atom is 0.244 e. The summed E-state index contributed by atoms with van der Waals surface area (Å²) in [6.07, 6.45) is 6.40. The zero-order valence-corrected chi connectivity index (χ0v) is 15.3. The molecular formula is C20H19ClN4O. The number of nitrogens with zero attached hydrogens (tertiary/aromatic N) is 3. The van der Waals surface area contributed by atoms with Crippen LogP contribution in [0.1, 0.15) is 29.7 Å². The van der Waals surface area contributed by atoms with Crippen molar-refractivity contribution in [1.82, 2.24) is 20.1 Å². The Morgan fingerprint density at radius 3 is 2.65 bits per heavy atom. The summed E-state index contributed by atoms with van der Waals surface area (Å²) in [4.78, 5) is 16.1. The summed E-state index contributed by atoms with van der Waals surface area (Å²) in [6.45, 7) is 3.89. The van der Waals surface area contributed by atoms with Gasteiger partial charge < -0.3 is 5.32 Å². The van der Waals surface area contributed by atoms with Gasteiger partial charge in [0, 0.05) is 11.1 Å². The van der Waals surface area contributed by atoms with Gasteiger partial charge in [0.05, 0.1) is 11.7 Å². The number of hydrogen-bond acceptors (Lipinski definition) is 3. The fourth-order valence-electron chi connectivity index (χ4n) is 2.49. The van der Waals surface area contributed by atoms with E-state index < -0.39 is 0 Å². The number of hydrogen-bond donors (Lipinski definition) is 1. The Balaban J connectivity index is 1.61. The van der Waals surface area contributed by atoms with Gasteiger partial charge in [0.1, 0.15) is 12.7 Å². The number of nitrogens with one attached hydrogen (secondary N) is 1. The quantitative estimate of drug-likeness (QED) is 0.691. The minimum atomic E-state index is -0.158. The Morgan fingerprint density at radius 1 is 1.23 bits per heavy atom. The lowest BCUT2D eigenvalue weighted by Crippen LogP contribution is -2.24. The average Bonchev–Trinajstić information content (AvgIpc) is 3.17. The largest absolute Gasteiger partial charge is 0.346 e. The highest BCUT2D eigenvalue weighted by Gasteiger charge is 2.08. The molecule has 2 aromatic carbocycles. The molecule has 3 rings (SSSR count). The maximum atomic E-state index is 12.2. The number of halogens is 1. The third kappa shape index (κ3) is 4.37. The minimum absolute atomic E-state index is 0.112. The second-order valence-electron chi connectivity index (χ2n) is 6.00.